The van der Waals surface area contributed by atoms with E-state index in [1.54, 1.807) is 12.1 Å². The number of nitrogens with zero attached hydrogens (tertiary/aromatic N) is 2. The third-order valence-corrected chi connectivity index (χ3v) is 2.99. The van der Waals surface area contributed by atoms with E-state index < -0.39 is 5.97 Å². The van der Waals surface area contributed by atoms with Gasteiger partial charge in [-0.2, -0.15) is 0 Å². The number of piperidine rings is 1. The van der Waals surface area contributed by atoms with Crippen molar-refractivity contribution in [2.75, 3.05) is 25.5 Å². The fourth-order valence-electron chi connectivity index (χ4n) is 2.20. The SMILES string of the molecule is CN1CCCC(Nc2cccnc2C(=O)O)C1. The fraction of sp³-hybridized carbons (Fsp3) is 0.500. The van der Waals surface area contributed by atoms with Crippen LogP contribution in [-0.4, -0.2) is 47.1 Å². The minimum absolute atomic E-state index is 0.0979. The molecule has 17 heavy (non-hydrogen) atoms. The van der Waals surface area contributed by atoms with E-state index in [0.29, 0.717) is 11.7 Å². The molecule has 1 aromatic rings. The van der Waals surface area contributed by atoms with Crippen molar-refractivity contribution in [1.82, 2.24) is 9.88 Å². The van der Waals surface area contributed by atoms with Gasteiger partial charge in [-0.15, -0.1) is 0 Å². The van der Waals surface area contributed by atoms with Gasteiger partial charge in [-0.1, -0.05) is 0 Å². The fourth-order valence-corrected chi connectivity index (χ4v) is 2.20. The van der Waals surface area contributed by atoms with Crippen molar-refractivity contribution in [2.24, 2.45) is 0 Å². The molecule has 2 rings (SSSR count). The van der Waals surface area contributed by atoms with Crippen LogP contribution in [-0.2, 0) is 0 Å². The van der Waals surface area contributed by atoms with Gasteiger partial charge in [0, 0.05) is 18.8 Å². The minimum atomic E-state index is -0.989. The van der Waals surface area contributed by atoms with E-state index >= 15 is 0 Å². The van der Waals surface area contributed by atoms with Gasteiger partial charge >= 0.3 is 5.97 Å². The zero-order chi connectivity index (χ0) is 12.3. The molecule has 1 saturated heterocycles. The molecule has 0 spiro atoms. The first kappa shape index (κ1) is 11.9. The van der Waals surface area contributed by atoms with E-state index in [-0.39, 0.29) is 5.69 Å². The number of carbonyl (C=O) groups is 1. The van der Waals surface area contributed by atoms with Crippen LogP contribution in [0.2, 0.25) is 0 Å². The number of carboxylic acid groups (broad SMARTS) is 1. The Balaban J connectivity index is 2.10. The van der Waals surface area contributed by atoms with E-state index in [0.717, 1.165) is 25.9 Å². The molecule has 0 bridgehead atoms. The molecular formula is C12H17N3O2. The Labute approximate surface area is 100 Å². The molecule has 0 amide bonds. The quantitative estimate of drug-likeness (QED) is 0.826. The van der Waals surface area contributed by atoms with Gasteiger partial charge in [0.25, 0.3) is 0 Å². The topological polar surface area (TPSA) is 65.5 Å². The van der Waals surface area contributed by atoms with Crippen molar-refractivity contribution in [1.29, 1.82) is 0 Å². The molecule has 5 nitrogen and oxygen atoms in total. The van der Waals surface area contributed by atoms with Crippen LogP contribution >= 0.6 is 0 Å². The molecular weight excluding hydrogens is 218 g/mol. The molecule has 92 valence electrons. The highest BCUT2D eigenvalue weighted by atomic mass is 16.4. The Bertz CT molecular complexity index is 408. The average Bonchev–Trinajstić information content (AvgIpc) is 2.29. The Morgan fingerprint density at radius 1 is 1.65 bits per heavy atom. The summed E-state index contributed by atoms with van der Waals surface area (Å²) in [7, 11) is 2.08. The number of likely N-dealkylation sites (N-methyl/N-ethyl adjacent to an activating group) is 1. The summed E-state index contributed by atoms with van der Waals surface area (Å²) < 4.78 is 0. The number of anilines is 1. The van der Waals surface area contributed by atoms with Gasteiger partial charge < -0.3 is 15.3 Å². The Kier molecular flexibility index (Phi) is 3.58. The lowest BCUT2D eigenvalue weighted by atomic mass is 10.1. The van der Waals surface area contributed by atoms with E-state index in [1.807, 2.05) is 0 Å². The van der Waals surface area contributed by atoms with Gasteiger partial charge in [-0.05, 0) is 38.6 Å². The first-order valence-electron chi connectivity index (χ1n) is 5.80. The first-order valence-corrected chi connectivity index (χ1v) is 5.80. The smallest absolute Gasteiger partial charge is 0.356 e. The van der Waals surface area contributed by atoms with E-state index in [9.17, 15) is 4.79 Å². The van der Waals surface area contributed by atoms with Crippen LogP contribution in [0.25, 0.3) is 0 Å². The molecule has 0 saturated carbocycles. The second kappa shape index (κ2) is 5.14. The minimum Gasteiger partial charge on any atom is -0.476 e. The lowest BCUT2D eigenvalue weighted by Crippen LogP contribution is -2.40. The van der Waals surface area contributed by atoms with E-state index in [4.69, 9.17) is 5.11 Å². The van der Waals surface area contributed by atoms with Crippen LogP contribution in [0, 0.1) is 0 Å². The van der Waals surface area contributed by atoms with Crippen molar-refractivity contribution in [3.8, 4) is 0 Å². The lowest BCUT2D eigenvalue weighted by molar-refractivity contribution is 0.0691. The van der Waals surface area contributed by atoms with Crippen LogP contribution in [0.3, 0.4) is 0 Å². The Morgan fingerprint density at radius 2 is 2.47 bits per heavy atom. The molecule has 1 aliphatic heterocycles. The molecule has 0 aliphatic carbocycles. The zero-order valence-corrected chi connectivity index (χ0v) is 9.89. The lowest BCUT2D eigenvalue weighted by Gasteiger charge is -2.31. The van der Waals surface area contributed by atoms with Gasteiger partial charge in [0.2, 0.25) is 0 Å². The van der Waals surface area contributed by atoms with Crippen molar-refractivity contribution in [3.63, 3.8) is 0 Å². The zero-order valence-electron chi connectivity index (χ0n) is 9.89. The summed E-state index contributed by atoms with van der Waals surface area (Å²) in [5.74, 6) is -0.989. The van der Waals surface area contributed by atoms with Crippen LogP contribution in [0.5, 0.6) is 0 Å². The third kappa shape index (κ3) is 2.94. The predicted octanol–water partition coefficient (Wildman–Crippen LogP) is 1.29. The monoisotopic (exact) mass is 235 g/mol. The number of carboxylic acids is 1. The summed E-state index contributed by atoms with van der Waals surface area (Å²) >= 11 is 0. The van der Waals surface area contributed by atoms with E-state index in [2.05, 4.69) is 22.2 Å². The van der Waals surface area contributed by atoms with Crippen LogP contribution in [0.1, 0.15) is 23.3 Å². The van der Waals surface area contributed by atoms with Gasteiger partial charge in [-0.3, -0.25) is 0 Å². The maximum Gasteiger partial charge on any atom is 0.356 e. The second-order valence-corrected chi connectivity index (χ2v) is 4.45. The molecule has 0 radical (unpaired) electrons. The largest absolute Gasteiger partial charge is 0.476 e. The van der Waals surface area contributed by atoms with Gasteiger partial charge in [0.1, 0.15) is 0 Å². The van der Waals surface area contributed by atoms with Gasteiger partial charge in [0.15, 0.2) is 5.69 Å². The summed E-state index contributed by atoms with van der Waals surface area (Å²) in [6, 6.07) is 3.82. The van der Waals surface area contributed by atoms with Crippen LogP contribution in [0.4, 0.5) is 5.69 Å². The standard InChI is InChI=1S/C12H17N3O2/c1-15-7-3-4-9(8-15)14-10-5-2-6-13-11(10)12(16)17/h2,5-6,9,14H,3-4,7-8H2,1H3,(H,16,17). The predicted molar refractivity (Wildman–Crippen MR) is 65.3 cm³/mol. The number of likely N-dealkylation sites (tertiary alicyclic amines) is 1. The number of hydrogen-bond donors (Lipinski definition) is 2. The van der Waals surface area contributed by atoms with Crippen molar-refractivity contribution in [2.45, 2.75) is 18.9 Å². The number of rotatable bonds is 3. The molecule has 1 unspecified atom stereocenters. The Hall–Kier alpha value is -1.62. The number of aromatic nitrogens is 1. The summed E-state index contributed by atoms with van der Waals surface area (Å²) in [6.07, 6.45) is 3.71. The maximum atomic E-state index is 11.0. The highest BCUT2D eigenvalue weighted by molar-refractivity contribution is 5.91. The third-order valence-electron chi connectivity index (χ3n) is 2.99. The van der Waals surface area contributed by atoms with Crippen LogP contribution < -0.4 is 5.32 Å². The van der Waals surface area contributed by atoms with Gasteiger partial charge in [0.05, 0.1) is 5.69 Å². The van der Waals surface area contributed by atoms with Crippen LogP contribution in [0.15, 0.2) is 18.3 Å². The van der Waals surface area contributed by atoms with E-state index in [1.165, 1.54) is 6.20 Å². The maximum absolute atomic E-state index is 11.0. The molecule has 5 heteroatoms. The van der Waals surface area contributed by atoms with Crippen molar-refractivity contribution in [3.05, 3.63) is 24.0 Å². The number of pyridine rings is 1. The highest BCUT2D eigenvalue weighted by Gasteiger charge is 2.19. The molecule has 0 aromatic carbocycles. The van der Waals surface area contributed by atoms with Crippen molar-refractivity contribution < 1.29 is 9.90 Å². The molecule has 1 aliphatic rings. The summed E-state index contributed by atoms with van der Waals surface area (Å²) in [6.45, 7) is 2.05. The average molecular weight is 235 g/mol. The Morgan fingerprint density at radius 3 is 3.18 bits per heavy atom. The molecule has 1 fully saturated rings. The number of aromatic carboxylic acids is 1. The molecule has 2 heterocycles. The highest BCUT2D eigenvalue weighted by Crippen LogP contribution is 2.17. The number of nitrogens with one attached hydrogen (secondary N) is 1. The van der Waals surface area contributed by atoms with Crippen molar-refractivity contribution >= 4 is 11.7 Å². The second-order valence-electron chi connectivity index (χ2n) is 4.45. The first-order chi connectivity index (χ1) is 8.16. The summed E-state index contributed by atoms with van der Waals surface area (Å²) in [4.78, 5) is 17.1. The molecule has 2 N–H and O–H groups in total. The summed E-state index contributed by atoms with van der Waals surface area (Å²) in [5, 5.41) is 12.3. The number of hydrogen-bond acceptors (Lipinski definition) is 4. The normalized spacial score (nSPS) is 21.1. The molecule has 1 aromatic heterocycles. The summed E-state index contributed by atoms with van der Waals surface area (Å²) in [5.41, 5.74) is 0.709. The van der Waals surface area contributed by atoms with Gasteiger partial charge in [-0.25, -0.2) is 9.78 Å². The molecule has 1 atom stereocenters.